The molecule has 0 atom stereocenters. The summed E-state index contributed by atoms with van der Waals surface area (Å²) in [5.74, 6) is -1.46. The SMILES string of the molecule is Fc1ccc(F)c(NOCC(F)F)c1. The zero-order valence-corrected chi connectivity index (χ0v) is 6.94. The lowest BCUT2D eigenvalue weighted by atomic mass is 10.3. The summed E-state index contributed by atoms with van der Waals surface area (Å²) in [4.78, 5) is 4.21. The predicted octanol–water partition coefficient (Wildman–Crippen LogP) is 2.57. The van der Waals surface area contributed by atoms with E-state index in [9.17, 15) is 17.6 Å². The Morgan fingerprint density at radius 1 is 1.29 bits per heavy atom. The molecule has 0 bridgehead atoms. The molecule has 0 saturated carbocycles. The van der Waals surface area contributed by atoms with Crippen LogP contribution in [0.2, 0.25) is 0 Å². The van der Waals surface area contributed by atoms with E-state index in [-0.39, 0.29) is 5.69 Å². The van der Waals surface area contributed by atoms with Gasteiger partial charge in [0.1, 0.15) is 18.2 Å². The summed E-state index contributed by atoms with van der Waals surface area (Å²) in [6, 6.07) is 2.58. The third-order valence-electron chi connectivity index (χ3n) is 1.32. The van der Waals surface area contributed by atoms with Gasteiger partial charge >= 0.3 is 0 Å². The highest BCUT2D eigenvalue weighted by Gasteiger charge is 2.05. The lowest BCUT2D eigenvalue weighted by Gasteiger charge is -2.07. The molecular weight excluding hydrogens is 202 g/mol. The number of hydrogen-bond donors (Lipinski definition) is 1. The fourth-order valence-corrected chi connectivity index (χ4v) is 0.758. The molecule has 0 amide bonds. The van der Waals surface area contributed by atoms with E-state index in [1.54, 1.807) is 0 Å². The largest absolute Gasteiger partial charge is 0.270 e. The number of halogens is 4. The summed E-state index contributed by atoms with van der Waals surface area (Å²) in [6.07, 6.45) is -2.67. The Balaban J connectivity index is 2.53. The number of benzene rings is 1. The average Bonchev–Trinajstić information content (AvgIpc) is 2.10. The van der Waals surface area contributed by atoms with Crippen molar-refractivity contribution in [1.82, 2.24) is 0 Å². The highest BCUT2D eigenvalue weighted by atomic mass is 19.3. The molecule has 1 aromatic carbocycles. The predicted molar refractivity (Wildman–Crippen MR) is 41.9 cm³/mol. The van der Waals surface area contributed by atoms with E-state index in [0.29, 0.717) is 0 Å². The summed E-state index contributed by atoms with van der Waals surface area (Å²) in [5.41, 5.74) is 1.58. The molecule has 0 aliphatic rings. The lowest BCUT2D eigenvalue weighted by molar-refractivity contribution is 0.0408. The van der Waals surface area contributed by atoms with E-state index < -0.39 is 24.7 Å². The molecule has 1 N–H and O–H groups in total. The maximum absolute atomic E-state index is 12.8. The van der Waals surface area contributed by atoms with E-state index in [4.69, 9.17) is 0 Å². The first-order valence-corrected chi connectivity index (χ1v) is 3.70. The second kappa shape index (κ2) is 4.80. The molecule has 1 aromatic rings. The van der Waals surface area contributed by atoms with Crippen LogP contribution in [0.25, 0.3) is 0 Å². The Kier molecular flexibility index (Phi) is 3.70. The zero-order chi connectivity index (χ0) is 10.6. The van der Waals surface area contributed by atoms with E-state index in [1.165, 1.54) is 0 Å². The molecule has 0 aliphatic heterocycles. The Bertz CT molecular complexity index is 305. The average molecular weight is 209 g/mol. The van der Waals surface area contributed by atoms with E-state index in [2.05, 4.69) is 4.84 Å². The van der Waals surface area contributed by atoms with Crippen molar-refractivity contribution in [2.45, 2.75) is 6.43 Å². The third kappa shape index (κ3) is 3.21. The van der Waals surface area contributed by atoms with Gasteiger partial charge in [-0.25, -0.2) is 17.6 Å². The maximum atomic E-state index is 12.8. The summed E-state index contributed by atoms with van der Waals surface area (Å²) in [7, 11) is 0. The first kappa shape index (κ1) is 10.8. The molecule has 14 heavy (non-hydrogen) atoms. The Hall–Kier alpha value is -1.30. The number of alkyl halides is 2. The standard InChI is InChI=1S/C8H7F4NO/c9-5-1-2-6(10)7(3-5)13-14-4-8(11)12/h1-3,8,13H,4H2. The molecule has 0 heterocycles. The van der Waals surface area contributed by atoms with Gasteiger partial charge in [0.15, 0.2) is 0 Å². The topological polar surface area (TPSA) is 21.3 Å². The van der Waals surface area contributed by atoms with Crippen molar-refractivity contribution in [2.75, 3.05) is 12.1 Å². The van der Waals surface area contributed by atoms with Crippen LogP contribution in [0.1, 0.15) is 0 Å². The van der Waals surface area contributed by atoms with Crippen molar-refractivity contribution in [1.29, 1.82) is 0 Å². The van der Waals surface area contributed by atoms with Crippen molar-refractivity contribution in [2.24, 2.45) is 0 Å². The second-order valence-corrected chi connectivity index (χ2v) is 2.43. The van der Waals surface area contributed by atoms with Gasteiger partial charge in [-0.3, -0.25) is 10.3 Å². The van der Waals surface area contributed by atoms with Crippen LogP contribution in [-0.4, -0.2) is 13.0 Å². The van der Waals surface area contributed by atoms with Crippen molar-refractivity contribution in [3.63, 3.8) is 0 Å². The molecule has 2 nitrogen and oxygen atoms in total. The molecule has 78 valence electrons. The van der Waals surface area contributed by atoms with Crippen molar-refractivity contribution < 1.29 is 22.4 Å². The minimum Gasteiger partial charge on any atom is -0.270 e. The molecule has 6 heteroatoms. The minimum atomic E-state index is -2.67. The number of anilines is 1. The summed E-state index contributed by atoms with van der Waals surface area (Å²) < 4.78 is 48.5. The second-order valence-electron chi connectivity index (χ2n) is 2.43. The Morgan fingerprint density at radius 2 is 2.00 bits per heavy atom. The van der Waals surface area contributed by atoms with Crippen LogP contribution in [0, 0.1) is 11.6 Å². The molecular formula is C8H7F4NO. The molecule has 0 spiro atoms. The van der Waals surface area contributed by atoms with Gasteiger partial charge in [0.05, 0.1) is 5.69 Å². The van der Waals surface area contributed by atoms with Crippen LogP contribution in [0.5, 0.6) is 0 Å². The van der Waals surface area contributed by atoms with Gasteiger partial charge < -0.3 is 0 Å². The fourth-order valence-electron chi connectivity index (χ4n) is 0.758. The lowest BCUT2D eigenvalue weighted by Crippen LogP contribution is -2.10. The van der Waals surface area contributed by atoms with Crippen LogP contribution >= 0.6 is 0 Å². The number of rotatable bonds is 4. The molecule has 0 radical (unpaired) electrons. The Labute approximate surface area is 77.4 Å². The van der Waals surface area contributed by atoms with Crippen molar-refractivity contribution in [3.05, 3.63) is 29.8 Å². The van der Waals surface area contributed by atoms with Gasteiger partial charge in [0.25, 0.3) is 6.43 Å². The molecule has 0 aliphatic carbocycles. The van der Waals surface area contributed by atoms with Gasteiger partial charge in [0.2, 0.25) is 0 Å². The number of nitrogens with one attached hydrogen (secondary N) is 1. The molecule has 0 unspecified atom stereocenters. The molecule has 0 fully saturated rings. The first-order valence-electron chi connectivity index (χ1n) is 3.70. The quantitative estimate of drug-likeness (QED) is 0.607. The van der Waals surface area contributed by atoms with Crippen molar-refractivity contribution in [3.8, 4) is 0 Å². The van der Waals surface area contributed by atoms with Gasteiger partial charge in [-0.15, -0.1) is 0 Å². The highest BCUT2D eigenvalue weighted by molar-refractivity contribution is 5.42. The monoisotopic (exact) mass is 209 g/mol. The van der Waals surface area contributed by atoms with Gasteiger partial charge in [-0.05, 0) is 12.1 Å². The van der Waals surface area contributed by atoms with Crippen LogP contribution in [0.15, 0.2) is 18.2 Å². The minimum absolute atomic E-state index is 0.314. The maximum Gasteiger partial charge on any atom is 0.264 e. The first-order chi connectivity index (χ1) is 6.59. The summed E-state index contributed by atoms with van der Waals surface area (Å²) in [6.45, 7) is -0.893. The highest BCUT2D eigenvalue weighted by Crippen LogP contribution is 2.15. The fraction of sp³-hybridized carbons (Fsp3) is 0.250. The van der Waals surface area contributed by atoms with E-state index >= 15 is 0 Å². The molecule has 0 aromatic heterocycles. The van der Waals surface area contributed by atoms with Crippen LogP contribution in [-0.2, 0) is 4.84 Å². The summed E-state index contributed by atoms with van der Waals surface area (Å²) in [5, 5.41) is 0. The third-order valence-corrected chi connectivity index (χ3v) is 1.32. The van der Waals surface area contributed by atoms with Gasteiger partial charge in [0, 0.05) is 6.07 Å². The van der Waals surface area contributed by atoms with Crippen LogP contribution < -0.4 is 5.48 Å². The molecule has 1 rings (SSSR count). The zero-order valence-electron chi connectivity index (χ0n) is 6.94. The molecule has 0 saturated heterocycles. The number of hydrogen-bond acceptors (Lipinski definition) is 2. The van der Waals surface area contributed by atoms with Crippen LogP contribution in [0.4, 0.5) is 23.2 Å². The summed E-state index contributed by atoms with van der Waals surface area (Å²) >= 11 is 0. The Morgan fingerprint density at radius 3 is 2.64 bits per heavy atom. The van der Waals surface area contributed by atoms with Gasteiger partial charge in [-0.1, -0.05) is 0 Å². The van der Waals surface area contributed by atoms with Crippen LogP contribution in [0.3, 0.4) is 0 Å². The van der Waals surface area contributed by atoms with Crippen molar-refractivity contribution >= 4 is 5.69 Å². The van der Waals surface area contributed by atoms with Gasteiger partial charge in [-0.2, -0.15) is 0 Å². The van der Waals surface area contributed by atoms with E-state index in [1.807, 2.05) is 5.48 Å². The van der Waals surface area contributed by atoms with E-state index in [0.717, 1.165) is 18.2 Å². The normalized spacial score (nSPS) is 10.6. The smallest absolute Gasteiger partial charge is 0.264 e.